The van der Waals surface area contributed by atoms with Gasteiger partial charge in [-0.05, 0) is 44.6 Å². The molecule has 3 unspecified atom stereocenters. The van der Waals surface area contributed by atoms with Crippen molar-refractivity contribution in [2.45, 2.75) is 76.8 Å². The predicted molar refractivity (Wildman–Crippen MR) is 77.0 cm³/mol. The van der Waals surface area contributed by atoms with Gasteiger partial charge < -0.3 is 4.74 Å². The Labute approximate surface area is 117 Å². The average Bonchev–Trinajstić information content (AvgIpc) is 2.47. The van der Waals surface area contributed by atoms with Gasteiger partial charge in [-0.25, -0.2) is 0 Å². The highest BCUT2D eigenvalue weighted by Crippen LogP contribution is 2.37. The van der Waals surface area contributed by atoms with Crippen LogP contribution in [0.25, 0.3) is 0 Å². The van der Waals surface area contributed by atoms with Crippen LogP contribution >= 0.6 is 0 Å². The van der Waals surface area contributed by atoms with Crippen LogP contribution in [0.3, 0.4) is 0 Å². The Balaban J connectivity index is 2.07. The molecule has 0 aromatic heterocycles. The van der Waals surface area contributed by atoms with Crippen molar-refractivity contribution < 1.29 is 9.53 Å². The molecule has 1 saturated heterocycles. The quantitative estimate of drug-likeness (QED) is 0.715. The average molecular weight is 267 g/mol. The summed E-state index contributed by atoms with van der Waals surface area (Å²) in [6, 6.07) is 0.652. The number of rotatable bonds is 5. The van der Waals surface area contributed by atoms with Gasteiger partial charge in [0, 0.05) is 6.04 Å². The van der Waals surface area contributed by atoms with Gasteiger partial charge >= 0.3 is 5.97 Å². The third-order valence-electron chi connectivity index (χ3n) is 4.99. The van der Waals surface area contributed by atoms with E-state index >= 15 is 0 Å². The number of unbranched alkanes of at least 4 members (excludes halogenated alkanes) is 1. The molecular weight excluding hydrogens is 238 g/mol. The van der Waals surface area contributed by atoms with Crippen molar-refractivity contribution in [3.8, 4) is 0 Å². The SMILES string of the molecule is CCCCC(C(=O)OC)N1CCCC2CCCCC21. The summed E-state index contributed by atoms with van der Waals surface area (Å²) in [6.07, 6.45) is 11.2. The summed E-state index contributed by atoms with van der Waals surface area (Å²) in [5, 5.41) is 0. The lowest BCUT2D eigenvalue weighted by Crippen LogP contribution is -2.54. The number of likely N-dealkylation sites (tertiary alicyclic amines) is 1. The molecule has 0 N–H and O–H groups in total. The first-order valence-corrected chi connectivity index (χ1v) is 8.11. The number of hydrogen-bond acceptors (Lipinski definition) is 3. The van der Waals surface area contributed by atoms with Gasteiger partial charge in [-0.15, -0.1) is 0 Å². The molecule has 3 nitrogen and oxygen atoms in total. The molecule has 2 fully saturated rings. The molecule has 0 bridgehead atoms. The van der Waals surface area contributed by atoms with E-state index in [1.807, 2.05) is 0 Å². The second-order valence-electron chi connectivity index (χ2n) is 6.17. The maximum absolute atomic E-state index is 12.1. The number of nitrogens with zero attached hydrogens (tertiary/aromatic N) is 1. The molecule has 110 valence electrons. The van der Waals surface area contributed by atoms with Crippen molar-refractivity contribution in [2.24, 2.45) is 5.92 Å². The Kier molecular flexibility index (Phi) is 5.68. The van der Waals surface area contributed by atoms with Crippen LogP contribution < -0.4 is 0 Å². The highest BCUT2D eigenvalue weighted by Gasteiger charge is 2.39. The minimum Gasteiger partial charge on any atom is -0.468 e. The number of hydrogen-bond donors (Lipinski definition) is 0. The van der Waals surface area contributed by atoms with Gasteiger partial charge in [-0.1, -0.05) is 32.6 Å². The number of carbonyl (C=O) groups is 1. The van der Waals surface area contributed by atoms with Crippen molar-refractivity contribution in [2.75, 3.05) is 13.7 Å². The first kappa shape index (κ1) is 14.8. The lowest BCUT2D eigenvalue weighted by atomic mass is 9.77. The highest BCUT2D eigenvalue weighted by molar-refractivity contribution is 5.75. The summed E-state index contributed by atoms with van der Waals surface area (Å²) in [4.78, 5) is 14.6. The summed E-state index contributed by atoms with van der Waals surface area (Å²) < 4.78 is 5.06. The van der Waals surface area contributed by atoms with Crippen LogP contribution in [0.5, 0.6) is 0 Å². The fourth-order valence-electron chi connectivity index (χ4n) is 4.00. The number of methoxy groups -OCH3 is 1. The molecule has 2 aliphatic rings. The standard InChI is InChI=1S/C16H29NO2/c1-3-4-10-15(16(18)19-2)17-12-7-9-13-8-5-6-11-14(13)17/h13-15H,3-12H2,1-2H3. The van der Waals surface area contributed by atoms with Crippen molar-refractivity contribution in [1.29, 1.82) is 0 Å². The van der Waals surface area contributed by atoms with E-state index < -0.39 is 0 Å². The van der Waals surface area contributed by atoms with E-state index in [2.05, 4.69) is 11.8 Å². The number of carbonyl (C=O) groups excluding carboxylic acids is 1. The van der Waals surface area contributed by atoms with Crippen molar-refractivity contribution >= 4 is 5.97 Å². The lowest BCUT2D eigenvalue weighted by Gasteiger charge is -2.46. The van der Waals surface area contributed by atoms with Gasteiger partial charge in [0.1, 0.15) is 6.04 Å². The zero-order chi connectivity index (χ0) is 13.7. The van der Waals surface area contributed by atoms with Crippen LogP contribution in [0.1, 0.15) is 64.7 Å². The molecule has 0 radical (unpaired) electrons. The molecule has 3 heteroatoms. The number of esters is 1. The van der Waals surface area contributed by atoms with Crippen LogP contribution in [-0.2, 0) is 9.53 Å². The van der Waals surface area contributed by atoms with E-state index in [-0.39, 0.29) is 12.0 Å². The molecule has 1 aliphatic heterocycles. The minimum absolute atomic E-state index is 0.0100. The normalized spacial score (nSPS) is 29.6. The number of piperidine rings is 1. The number of ether oxygens (including phenoxy) is 1. The molecule has 0 aromatic carbocycles. The second-order valence-corrected chi connectivity index (χ2v) is 6.17. The van der Waals surface area contributed by atoms with E-state index in [1.54, 1.807) is 0 Å². The molecule has 0 spiro atoms. The van der Waals surface area contributed by atoms with E-state index in [9.17, 15) is 4.79 Å². The van der Waals surface area contributed by atoms with Crippen LogP contribution in [-0.4, -0.2) is 36.6 Å². The highest BCUT2D eigenvalue weighted by atomic mass is 16.5. The number of fused-ring (bicyclic) bond motifs is 1. The molecule has 0 amide bonds. The second kappa shape index (κ2) is 7.28. The zero-order valence-corrected chi connectivity index (χ0v) is 12.6. The van der Waals surface area contributed by atoms with Crippen molar-refractivity contribution in [1.82, 2.24) is 4.90 Å². The minimum atomic E-state index is -0.0142. The van der Waals surface area contributed by atoms with E-state index in [4.69, 9.17) is 4.74 Å². The zero-order valence-electron chi connectivity index (χ0n) is 12.6. The third kappa shape index (κ3) is 3.50. The summed E-state index contributed by atoms with van der Waals surface area (Å²) in [5.74, 6) is 0.816. The van der Waals surface area contributed by atoms with E-state index in [0.29, 0.717) is 6.04 Å². The maximum Gasteiger partial charge on any atom is 0.323 e. The first-order chi connectivity index (χ1) is 9.27. The molecule has 3 atom stereocenters. The Morgan fingerprint density at radius 1 is 1.26 bits per heavy atom. The Bertz CT molecular complexity index is 290. The van der Waals surface area contributed by atoms with Gasteiger partial charge in [0.15, 0.2) is 0 Å². The smallest absolute Gasteiger partial charge is 0.323 e. The summed E-state index contributed by atoms with van der Waals surface area (Å²) in [6.45, 7) is 3.28. The molecule has 1 saturated carbocycles. The molecule has 2 rings (SSSR count). The molecule has 0 aromatic rings. The third-order valence-corrected chi connectivity index (χ3v) is 4.99. The Morgan fingerprint density at radius 3 is 2.74 bits per heavy atom. The first-order valence-electron chi connectivity index (χ1n) is 8.11. The fraction of sp³-hybridized carbons (Fsp3) is 0.938. The van der Waals surface area contributed by atoms with Gasteiger partial charge in [0.05, 0.1) is 7.11 Å². The Morgan fingerprint density at radius 2 is 2.00 bits per heavy atom. The molecule has 19 heavy (non-hydrogen) atoms. The molecule has 1 heterocycles. The Hall–Kier alpha value is -0.570. The van der Waals surface area contributed by atoms with Crippen LogP contribution in [0.15, 0.2) is 0 Å². The molecule has 1 aliphatic carbocycles. The lowest BCUT2D eigenvalue weighted by molar-refractivity contribution is -0.150. The van der Waals surface area contributed by atoms with Crippen LogP contribution in [0.4, 0.5) is 0 Å². The van der Waals surface area contributed by atoms with Gasteiger partial charge in [0.2, 0.25) is 0 Å². The van der Waals surface area contributed by atoms with Gasteiger partial charge in [-0.3, -0.25) is 9.69 Å². The van der Waals surface area contributed by atoms with Crippen molar-refractivity contribution in [3.05, 3.63) is 0 Å². The predicted octanol–water partition coefficient (Wildman–Crippen LogP) is 3.37. The maximum atomic E-state index is 12.1. The van der Waals surface area contributed by atoms with E-state index in [1.165, 1.54) is 45.6 Å². The summed E-state index contributed by atoms with van der Waals surface area (Å²) in [5.41, 5.74) is 0. The van der Waals surface area contributed by atoms with Gasteiger partial charge in [-0.2, -0.15) is 0 Å². The fourth-order valence-corrected chi connectivity index (χ4v) is 4.00. The molecular formula is C16H29NO2. The topological polar surface area (TPSA) is 29.5 Å². The van der Waals surface area contributed by atoms with E-state index in [0.717, 1.165) is 31.7 Å². The van der Waals surface area contributed by atoms with Gasteiger partial charge in [0.25, 0.3) is 0 Å². The summed E-state index contributed by atoms with van der Waals surface area (Å²) >= 11 is 0. The monoisotopic (exact) mass is 267 g/mol. The summed E-state index contributed by atoms with van der Waals surface area (Å²) in [7, 11) is 1.53. The van der Waals surface area contributed by atoms with Crippen LogP contribution in [0, 0.1) is 5.92 Å². The van der Waals surface area contributed by atoms with Crippen molar-refractivity contribution in [3.63, 3.8) is 0 Å². The largest absolute Gasteiger partial charge is 0.468 e. The van der Waals surface area contributed by atoms with Crippen LogP contribution in [0.2, 0.25) is 0 Å².